The van der Waals surface area contributed by atoms with Gasteiger partial charge in [0.15, 0.2) is 0 Å². The highest BCUT2D eigenvalue weighted by Gasteiger charge is 2.40. The molecule has 2 saturated heterocycles. The number of hydrogen-bond acceptors (Lipinski definition) is 3. The van der Waals surface area contributed by atoms with E-state index in [1.54, 1.807) is 6.92 Å². The highest BCUT2D eigenvalue weighted by molar-refractivity contribution is 5.72. The van der Waals surface area contributed by atoms with Crippen LogP contribution in [0.25, 0.3) is 0 Å². The van der Waals surface area contributed by atoms with Crippen molar-refractivity contribution in [3.05, 3.63) is 24.0 Å². The molecule has 1 spiro atoms. The van der Waals surface area contributed by atoms with Crippen molar-refractivity contribution in [2.75, 3.05) is 26.2 Å². The highest BCUT2D eigenvalue weighted by atomic mass is 16.5. The van der Waals surface area contributed by atoms with E-state index in [-0.39, 0.29) is 11.5 Å². The number of carbonyl (C=O) groups is 1. The number of aromatic nitrogens is 1. The number of hydrogen-bond donors (Lipinski definition) is 1. The number of nitrogens with one attached hydrogen (secondary N) is 1. The van der Waals surface area contributed by atoms with E-state index in [0.717, 1.165) is 64.9 Å². The van der Waals surface area contributed by atoms with Crippen molar-refractivity contribution < 1.29 is 9.53 Å². The maximum atomic E-state index is 11.0. The SMILES string of the molecule is CC(=O)NCCC1CCOC2(CCN(Cc3cccn3C)CC2)C1. The van der Waals surface area contributed by atoms with Crippen LogP contribution >= 0.6 is 0 Å². The number of rotatable bonds is 5. The zero-order chi connectivity index (χ0) is 17.0. The number of amides is 1. The first-order valence-corrected chi connectivity index (χ1v) is 9.27. The summed E-state index contributed by atoms with van der Waals surface area (Å²) >= 11 is 0. The predicted octanol–water partition coefficient (Wildman–Crippen LogP) is 2.31. The van der Waals surface area contributed by atoms with Crippen molar-refractivity contribution >= 4 is 5.91 Å². The van der Waals surface area contributed by atoms with Gasteiger partial charge in [-0.1, -0.05) is 0 Å². The summed E-state index contributed by atoms with van der Waals surface area (Å²) in [4.78, 5) is 13.6. The third kappa shape index (κ3) is 4.39. The molecule has 5 heteroatoms. The molecular formula is C19H31N3O2. The smallest absolute Gasteiger partial charge is 0.216 e. The molecule has 1 amide bonds. The molecule has 2 aliphatic rings. The van der Waals surface area contributed by atoms with Gasteiger partial charge in [-0.15, -0.1) is 0 Å². The molecule has 1 aromatic rings. The molecule has 1 atom stereocenters. The fourth-order valence-corrected chi connectivity index (χ4v) is 4.18. The van der Waals surface area contributed by atoms with E-state index in [1.165, 1.54) is 5.69 Å². The van der Waals surface area contributed by atoms with Crippen LogP contribution in [0.3, 0.4) is 0 Å². The van der Waals surface area contributed by atoms with Crippen molar-refractivity contribution in [2.45, 2.75) is 51.2 Å². The monoisotopic (exact) mass is 333 g/mol. The van der Waals surface area contributed by atoms with Crippen LogP contribution in [0.1, 0.15) is 44.7 Å². The standard InChI is InChI=1S/C19H31N3O2/c1-16(23)20-9-5-17-6-13-24-19(14-17)7-11-22(12-8-19)15-18-4-3-10-21(18)2/h3-4,10,17H,5-9,11-15H2,1-2H3,(H,20,23). The van der Waals surface area contributed by atoms with Gasteiger partial charge in [0.1, 0.15) is 0 Å². The first-order chi connectivity index (χ1) is 11.6. The summed E-state index contributed by atoms with van der Waals surface area (Å²) in [6.45, 7) is 6.53. The van der Waals surface area contributed by atoms with Crippen LogP contribution in [0.4, 0.5) is 0 Å². The molecule has 0 saturated carbocycles. The van der Waals surface area contributed by atoms with E-state index >= 15 is 0 Å². The van der Waals surface area contributed by atoms with Crippen LogP contribution in [-0.2, 0) is 23.1 Å². The zero-order valence-electron chi connectivity index (χ0n) is 15.1. The summed E-state index contributed by atoms with van der Waals surface area (Å²) < 4.78 is 8.46. The van der Waals surface area contributed by atoms with E-state index in [9.17, 15) is 4.79 Å². The van der Waals surface area contributed by atoms with Crippen molar-refractivity contribution in [1.82, 2.24) is 14.8 Å². The minimum atomic E-state index is 0.0748. The Morgan fingerprint density at radius 2 is 2.21 bits per heavy atom. The lowest BCUT2D eigenvalue weighted by molar-refractivity contribution is -0.129. The zero-order valence-corrected chi connectivity index (χ0v) is 15.1. The van der Waals surface area contributed by atoms with Gasteiger partial charge in [0.05, 0.1) is 5.60 Å². The Bertz CT molecular complexity index is 547. The minimum Gasteiger partial charge on any atom is -0.375 e. The lowest BCUT2D eigenvalue weighted by Crippen LogP contribution is -2.49. The fourth-order valence-electron chi connectivity index (χ4n) is 4.18. The van der Waals surface area contributed by atoms with Gasteiger partial charge in [-0.3, -0.25) is 9.69 Å². The Balaban J connectivity index is 1.47. The van der Waals surface area contributed by atoms with Crippen LogP contribution < -0.4 is 5.32 Å². The van der Waals surface area contributed by atoms with Crippen molar-refractivity contribution in [2.24, 2.45) is 13.0 Å². The van der Waals surface area contributed by atoms with Gasteiger partial charge < -0.3 is 14.6 Å². The average molecular weight is 333 g/mol. The second-order valence-electron chi connectivity index (χ2n) is 7.55. The lowest BCUT2D eigenvalue weighted by Gasteiger charge is -2.46. The quantitative estimate of drug-likeness (QED) is 0.899. The lowest BCUT2D eigenvalue weighted by atomic mass is 9.78. The minimum absolute atomic E-state index is 0.0748. The molecule has 0 aromatic carbocycles. The third-order valence-corrected chi connectivity index (χ3v) is 5.73. The van der Waals surface area contributed by atoms with Gasteiger partial charge in [0.2, 0.25) is 5.91 Å². The second-order valence-corrected chi connectivity index (χ2v) is 7.55. The first kappa shape index (κ1) is 17.5. The highest BCUT2D eigenvalue weighted by Crippen LogP contribution is 2.38. The van der Waals surface area contributed by atoms with E-state index < -0.39 is 0 Å². The number of aryl methyl sites for hydroxylation is 1. The van der Waals surface area contributed by atoms with Gasteiger partial charge in [0.25, 0.3) is 0 Å². The molecule has 1 N–H and O–H groups in total. The summed E-state index contributed by atoms with van der Waals surface area (Å²) in [6, 6.07) is 4.32. The molecule has 0 radical (unpaired) electrons. The molecular weight excluding hydrogens is 302 g/mol. The van der Waals surface area contributed by atoms with Gasteiger partial charge >= 0.3 is 0 Å². The Kier molecular flexibility index (Phi) is 5.61. The average Bonchev–Trinajstić information content (AvgIpc) is 2.95. The van der Waals surface area contributed by atoms with Gasteiger partial charge in [0, 0.05) is 58.6 Å². The molecule has 1 unspecified atom stereocenters. The Hall–Kier alpha value is -1.33. The summed E-state index contributed by atoms with van der Waals surface area (Å²) in [5, 5.41) is 2.93. The number of likely N-dealkylation sites (tertiary alicyclic amines) is 1. The number of carbonyl (C=O) groups excluding carboxylic acids is 1. The summed E-state index contributed by atoms with van der Waals surface area (Å²) in [5.74, 6) is 0.760. The van der Waals surface area contributed by atoms with E-state index in [2.05, 4.69) is 40.2 Å². The molecule has 2 aliphatic heterocycles. The summed E-state index contributed by atoms with van der Waals surface area (Å²) in [5.41, 5.74) is 1.47. The topological polar surface area (TPSA) is 46.5 Å². The van der Waals surface area contributed by atoms with Gasteiger partial charge in [-0.05, 0) is 50.2 Å². The van der Waals surface area contributed by atoms with Crippen molar-refractivity contribution in [1.29, 1.82) is 0 Å². The molecule has 134 valence electrons. The van der Waals surface area contributed by atoms with E-state index in [1.807, 2.05) is 0 Å². The number of nitrogens with zero attached hydrogens (tertiary/aromatic N) is 2. The molecule has 5 nitrogen and oxygen atoms in total. The maximum Gasteiger partial charge on any atom is 0.216 e. The van der Waals surface area contributed by atoms with Crippen molar-refractivity contribution in [3.63, 3.8) is 0 Å². The van der Waals surface area contributed by atoms with Gasteiger partial charge in [-0.2, -0.15) is 0 Å². The normalized spacial score (nSPS) is 24.2. The second kappa shape index (κ2) is 7.70. The molecule has 1 aromatic heterocycles. The molecule has 0 bridgehead atoms. The predicted molar refractivity (Wildman–Crippen MR) is 94.6 cm³/mol. The van der Waals surface area contributed by atoms with Crippen LogP contribution in [-0.4, -0.2) is 47.2 Å². The molecule has 3 heterocycles. The fraction of sp³-hybridized carbons (Fsp3) is 0.737. The largest absolute Gasteiger partial charge is 0.375 e. The third-order valence-electron chi connectivity index (χ3n) is 5.73. The molecule has 2 fully saturated rings. The number of piperidine rings is 1. The Morgan fingerprint density at radius 1 is 1.42 bits per heavy atom. The number of ether oxygens (including phenoxy) is 1. The first-order valence-electron chi connectivity index (χ1n) is 9.27. The van der Waals surface area contributed by atoms with Crippen LogP contribution in [0.2, 0.25) is 0 Å². The van der Waals surface area contributed by atoms with Crippen LogP contribution in [0.15, 0.2) is 18.3 Å². The Labute approximate surface area is 145 Å². The molecule has 24 heavy (non-hydrogen) atoms. The summed E-state index contributed by atoms with van der Waals surface area (Å²) in [6.07, 6.45) is 7.75. The van der Waals surface area contributed by atoms with Crippen molar-refractivity contribution in [3.8, 4) is 0 Å². The van der Waals surface area contributed by atoms with Crippen LogP contribution in [0, 0.1) is 5.92 Å². The summed E-state index contributed by atoms with van der Waals surface area (Å²) in [7, 11) is 2.12. The van der Waals surface area contributed by atoms with Crippen LogP contribution in [0.5, 0.6) is 0 Å². The maximum absolute atomic E-state index is 11.0. The van der Waals surface area contributed by atoms with E-state index in [0.29, 0.717) is 5.92 Å². The van der Waals surface area contributed by atoms with E-state index in [4.69, 9.17) is 4.74 Å². The molecule has 3 rings (SSSR count). The Morgan fingerprint density at radius 3 is 2.88 bits per heavy atom. The molecule has 0 aliphatic carbocycles. The van der Waals surface area contributed by atoms with Gasteiger partial charge in [-0.25, -0.2) is 0 Å².